The molecular weight excluding hydrogens is 186 g/mol. The van der Waals surface area contributed by atoms with Crippen LogP contribution in [0.1, 0.15) is 31.2 Å². The molecule has 0 heterocycles. The third-order valence-electron chi connectivity index (χ3n) is 2.97. The van der Waals surface area contributed by atoms with Crippen LogP contribution in [0.5, 0.6) is 5.75 Å². The molecule has 0 spiro atoms. The van der Waals surface area contributed by atoms with Crippen molar-refractivity contribution in [1.29, 1.82) is 0 Å². The molecule has 0 atom stereocenters. The van der Waals surface area contributed by atoms with Gasteiger partial charge in [0.2, 0.25) is 0 Å². The molecule has 1 saturated carbocycles. The second-order valence-electron chi connectivity index (χ2n) is 4.28. The van der Waals surface area contributed by atoms with Gasteiger partial charge in [-0.05, 0) is 43.4 Å². The van der Waals surface area contributed by atoms with Crippen LogP contribution in [-0.4, -0.2) is 12.6 Å². The Labute approximate surface area is 91.4 Å². The van der Waals surface area contributed by atoms with Crippen LogP contribution in [0.25, 0.3) is 0 Å². The molecule has 0 amide bonds. The van der Waals surface area contributed by atoms with Gasteiger partial charge in [0.05, 0.1) is 12.6 Å². The smallest absolute Gasteiger partial charge is 0.119 e. The van der Waals surface area contributed by atoms with Gasteiger partial charge in [0.15, 0.2) is 0 Å². The van der Waals surface area contributed by atoms with Crippen LogP contribution in [0.4, 0.5) is 0 Å². The van der Waals surface area contributed by atoms with Crippen LogP contribution >= 0.6 is 0 Å². The maximum absolute atomic E-state index is 5.94. The molecule has 0 saturated heterocycles. The van der Waals surface area contributed by atoms with E-state index in [1.165, 1.54) is 31.2 Å². The van der Waals surface area contributed by atoms with Gasteiger partial charge in [-0.1, -0.05) is 12.1 Å². The maximum Gasteiger partial charge on any atom is 0.119 e. The zero-order chi connectivity index (χ0) is 10.5. The quantitative estimate of drug-likeness (QED) is 0.801. The van der Waals surface area contributed by atoms with E-state index in [0.717, 1.165) is 18.7 Å². The average Bonchev–Trinajstić information content (AvgIpc) is 2.71. The molecule has 1 aromatic rings. The third-order valence-corrected chi connectivity index (χ3v) is 2.97. The fraction of sp³-hybridized carbons (Fsp3) is 0.538. The minimum atomic E-state index is 0.458. The summed E-state index contributed by atoms with van der Waals surface area (Å²) in [6.07, 6.45) is 6.59. The van der Waals surface area contributed by atoms with Crippen LogP contribution in [-0.2, 0) is 6.42 Å². The summed E-state index contributed by atoms with van der Waals surface area (Å²) in [5, 5.41) is 0. The molecular formula is C13H20NO+. The summed E-state index contributed by atoms with van der Waals surface area (Å²) in [7, 11) is 0. The number of hydrogen-bond donors (Lipinski definition) is 1. The Bertz CT molecular complexity index is 305. The fourth-order valence-corrected chi connectivity index (χ4v) is 2.18. The molecule has 0 aliphatic heterocycles. The van der Waals surface area contributed by atoms with Gasteiger partial charge in [-0.3, -0.25) is 0 Å². The molecule has 3 N–H and O–H groups in total. The van der Waals surface area contributed by atoms with Gasteiger partial charge in [0.1, 0.15) is 5.75 Å². The van der Waals surface area contributed by atoms with Gasteiger partial charge in [0, 0.05) is 6.42 Å². The summed E-state index contributed by atoms with van der Waals surface area (Å²) >= 11 is 0. The van der Waals surface area contributed by atoms with Crippen LogP contribution in [0, 0.1) is 0 Å². The molecule has 0 aromatic heterocycles. The Hall–Kier alpha value is -1.02. The van der Waals surface area contributed by atoms with Crippen LogP contribution in [0.2, 0.25) is 0 Å². The van der Waals surface area contributed by atoms with Crippen molar-refractivity contribution in [3.8, 4) is 5.75 Å². The first kappa shape index (κ1) is 10.5. The molecule has 15 heavy (non-hydrogen) atoms. The van der Waals surface area contributed by atoms with E-state index in [2.05, 4.69) is 30.0 Å². The van der Waals surface area contributed by atoms with Crippen molar-refractivity contribution in [3.63, 3.8) is 0 Å². The predicted octanol–water partition coefficient (Wildman–Crippen LogP) is 1.79. The summed E-state index contributed by atoms with van der Waals surface area (Å²) in [6.45, 7) is 0.951. The lowest BCUT2D eigenvalue weighted by molar-refractivity contribution is -0.366. The summed E-state index contributed by atoms with van der Waals surface area (Å²) in [6, 6.07) is 8.44. The van der Waals surface area contributed by atoms with Gasteiger partial charge in [-0.2, -0.15) is 0 Å². The van der Waals surface area contributed by atoms with Gasteiger partial charge in [-0.25, -0.2) is 0 Å². The van der Waals surface area contributed by atoms with Gasteiger partial charge in [-0.15, -0.1) is 0 Å². The van der Waals surface area contributed by atoms with Gasteiger partial charge in [0.25, 0.3) is 0 Å². The molecule has 2 nitrogen and oxygen atoms in total. The largest absolute Gasteiger partial charge is 0.490 e. The van der Waals surface area contributed by atoms with E-state index in [4.69, 9.17) is 4.74 Å². The molecule has 0 radical (unpaired) electrons. The van der Waals surface area contributed by atoms with Gasteiger partial charge < -0.3 is 10.5 Å². The van der Waals surface area contributed by atoms with Crippen molar-refractivity contribution in [2.75, 3.05) is 6.54 Å². The molecule has 0 unspecified atom stereocenters. The summed E-state index contributed by atoms with van der Waals surface area (Å²) in [4.78, 5) is 0. The molecule has 1 aromatic carbocycles. The lowest BCUT2D eigenvalue weighted by Crippen LogP contribution is -2.51. The Kier molecular flexibility index (Phi) is 3.62. The first-order chi connectivity index (χ1) is 7.38. The third kappa shape index (κ3) is 2.96. The molecule has 0 bridgehead atoms. The van der Waals surface area contributed by atoms with Crippen molar-refractivity contribution in [1.82, 2.24) is 0 Å². The summed E-state index contributed by atoms with van der Waals surface area (Å²) < 4.78 is 5.94. The summed E-state index contributed by atoms with van der Waals surface area (Å²) in [5.41, 5.74) is 5.21. The number of quaternary nitrogens is 1. The highest BCUT2D eigenvalue weighted by Crippen LogP contribution is 2.24. The molecule has 1 fully saturated rings. The van der Waals surface area contributed by atoms with Gasteiger partial charge >= 0.3 is 0 Å². The van der Waals surface area contributed by atoms with Crippen LogP contribution in [0.15, 0.2) is 24.3 Å². The number of rotatable bonds is 4. The van der Waals surface area contributed by atoms with Crippen molar-refractivity contribution in [3.05, 3.63) is 29.8 Å². The average molecular weight is 206 g/mol. The van der Waals surface area contributed by atoms with E-state index in [-0.39, 0.29) is 0 Å². The Morgan fingerprint density at radius 1 is 1.27 bits per heavy atom. The highest BCUT2D eigenvalue weighted by Gasteiger charge is 2.16. The molecule has 1 aliphatic carbocycles. The van der Waals surface area contributed by atoms with E-state index in [1.807, 2.05) is 0 Å². The lowest BCUT2D eigenvalue weighted by Gasteiger charge is -2.13. The number of hydrogen-bond acceptors (Lipinski definition) is 1. The Balaban J connectivity index is 1.97. The lowest BCUT2D eigenvalue weighted by atomic mass is 10.1. The van der Waals surface area contributed by atoms with E-state index in [1.54, 1.807) is 0 Å². The highest BCUT2D eigenvalue weighted by molar-refractivity contribution is 5.28. The second kappa shape index (κ2) is 5.17. The first-order valence-electron chi connectivity index (χ1n) is 5.93. The predicted molar refractivity (Wildman–Crippen MR) is 60.8 cm³/mol. The topological polar surface area (TPSA) is 36.9 Å². The van der Waals surface area contributed by atoms with E-state index < -0.39 is 0 Å². The minimum Gasteiger partial charge on any atom is -0.490 e. The minimum absolute atomic E-state index is 0.458. The van der Waals surface area contributed by atoms with E-state index in [0.29, 0.717) is 6.10 Å². The molecule has 1 aliphatic rings. The Morgan fingerprint density at radius 2 is 2.07 bits per heavy atom. The van der Waals surface area contributed by atoms with E-state index >= 15 is 0 Å². The van der Waals surface area contributed by atoms with E-state index in [9.17, 15) is 0 Å². The SMILES string of the molecule is [NH3+]CCc1cccc(OC2CCCC2)c1. The van der Waals surface area contributed by atoms with Crippen molar-refractivity contribution in [2.45, 2.75) is 38.2 Å². The second-order valence-corrected chi connectivity index (χ2v) is 4.28. The maximum atomic E-state index is 5.94. The normalized spacial score (nSPS) is 16.9. The zero-order valence-corrected chi connectivity index (χ0v) is 9.24. The number of benzene rings is 1. The number of ether oxygens (including phenoxy) is 1. The van der Waals surface area contributed by atoms with Crippen molar-refractivity contribution in [2.24, 2.45) is 0 Å². The zero-order valence-electron chi connectivity index (χ0n) is 9.24. The summed E-state index contributed by atoms with van der Waals surface area (Å²) in [5.74, 6) is 1.04. The monoisotopic (exact) mass is 206 g/mol. The molecule has 2 rings (SSSR count). The molecule has 2 heteroatoms. The van der Waals surface area contributed by atoms with Crippen LogP contribution in [0.3, 0.4) is 0 Å². The molecule has 82 valence electrons. The Morgan fingerprint density at radius 3 is 2.80 bits per heavy atom. The van der Waals surface area contributed by atoms with Crippen molar-refractivity contribution < 1.29 is 10.5 Å². The van der Waals surface area contributed by atoms with Crippen molar-refractivity contribution >= 4 is 0 Å². The standard InChI is InChI=1S/C13H19NO/c14-9-8-11-4-3-7-13(10-11)15-12-5-1-2-6-12/h3-4,7,10,12H,1-2,5-6,8-9,14H2/p+1. The highest BCUT2D eigenvalue weighted by atomic mass is 16.5. The van der Waals surface area contributed by atoms with Crippen LogP contribution < -0.4 is 10.5 Å². The first-order valence-corrected chi connectivity index (χ1v) is 5.93. The fourth-order valence-electron chi connectivity index (χ4n) is 2.18.